The van der Waals surface area contributed by atoms with Crippen molar-refractivity contribution in [1.82, 2.24) is 0 Å². The molecule has 0 spiro atoms. The van der Waals surface area contributed by atoms with Gasteiger partial charge in [-0.15, -0.1) is 0 Å². The van der Waals surface area contributed by atoms with Crippen molar-refractivity contribution in [2.45, 2.75) is 162 Å². The van der Waals surface area contributed by atoms with Crippen molar-refractivity contribution in [2.24, 2.45) is 0 Å². The number of unbranched alkanes of at least 4 members (excludes halogenated alkanes) is 19. The summed E-state index contributed by atoms with van der Waals surface area (Å²) in [6.45, 7) is 4.47. The van der Waals surface area contributed by atoms with E-state index in [1.807, 2.05) is 0 Å². The van der Waals surface area contributed by atoms with Gasteiger partial charge in [-0.1, -0.05) is 136 Å². The van der Waals surface area contributed by atoms with Crippen LogP contribution in [-0.4, -0.2) is 11.9 Å². The minimum absolute atomic E-state index is 0.333. The quantitative estimate of drug-likeness (QED) is 0.0933. The number of rotatable bonds is 23. The van der Waals surface area contributed by atoms with Gasteiger partial charge in [0.2, 0.25) is 0 Å². The molecule has 0 atom stereocenters. The second kappa shape index (κ2) is 24.4. The summed E-state index contributed by atoms with van der Waals surface area (Å²) in [6, 6.07) is 0. The fourth-order valence-corrected chi connectivity index (χ4v) is 3.92. The number of hydrogen-bond acceptors (Lipinski definition) is 3. The first-order chi connectivity index (χ1) is 14.7. The number of carbonyl (C=O) groups is 2. The lowest BCUT2D eigenvalue weighted by molar-refractivity contribution is -0.159. The summed E-state index contributed by atoms with van der Waals surface area (Å²) in [6.07, 6.45) is 27.2. The molecular weight excluding hydrogens is 372 g/mol. The predicted octanol–water partition coefficient (Wildman–Crippen LogP) is 9.07. The van der Waals surface area contributed by atoms with E-state index in [1.165, 1.54) is 109 Å². The largest absolute Gasteiger partial charge is 0.393 e. The minimum atomic E-state index is -0.337. The minimum Gasteiger partial charge on any atom is -0.393 e. The summed E-state index contributed by atoms with van der Waals surface area (Å²) in [5, 5.41) is 0. The van der Waals surface area contributed by atoms with Gasteiger partial charge in [0.25, 0.3) is 0 Å². The van der Waals surface area contributed by atoms with E-state index in [4.69, 9.17) is 4.74 Å². The van der Waals surface area contributed by atoms with Crippen LogP contribution in [0.25, 0.3) is 0 Å². The molecule has 178 valence electrons. The zero-order chi connectivity index (χ0) is 22.1. The van der Waals surface area contributed by atoms with Gasteiger partial charge in [-0.2, -0.15) is 0 Å². The van der Waals surface area contributed by atoms with E-state index in [1.54, 1.807) is 0 Å². The molecule has 0 unspecified atom stereocenters. The second-order valence-corrected chi connectivity index (χ2v) is 9.06. The highest BCUT2D eigenvalue weighted by Gasteiger charge is 2.09. The molecule has 0 fully saturated rings. The molecule has 0 saturated carbocycles. The molecule has 0 N–H and O–H groups in total. The van der Waals surface area contributed by atoms with Crippen LogP contribution >= 0.6 is 0 Å². The summed E-state index contributed by atoms with van der Waals surface area (Å²) >= 11 is 0. The molecule has 0 heterocycles. The maximum atomic E-state index is 11.7. The molecule has 0 amide bonds. The zero-order valence-corrected chi connectivity index (χ0v) is 20.5. The van der Waals surface area contributed by atoms with Gasteiger partial charge in [0.05, 0.1) is 0 Å². The highest BCUT2D eigenvalue weighted by Crippen LogP contribution is 2.14. The van der Waals surface area contributed by atoms with E-state index < -0.39 is 0 Å². The fraction of sp³-hybridized carbons (Fsp3) is 0.926. The Bertz CT molecular complexity index is 378. The molecular formula is C27H52O3. The van der Waals surface area contributed by atoms with E-state index in [9.17, 15) is 9.59 Å². The lowest BCUT2D eigenvalue weighted by Gasteiger charge is -2.04. The standard InChI is InChI=1S/C27H52O3/c1-3-5-7-9-11-12-13-14-15-16-17-18-19-21-23-25-27(29)30-26(28)24-22-20-10-8-6-4-2/h3-25H2,1-2H3. The number of hydrogen-bond donors (Lipinski definition) is 0. The molecule has 0 bridgehead atoms. The first-order valence-electron chi connectivity index (χ1n) is 13.4. The Morgan fingerprint density at radius 3 is 0.900 bits per heavy atom. The molecule has 0 rings (SSSR count). The second-order valence-electron chi connectivity index (χ2n) is 9.06. The molecule has 0 aromatic carbocycles. The van der Waals surface area contributed by atoms with E-state index >= 15 is 0 Å². The van der Waals surface area contributed by atoms with Gasteiger partial charge < -0.3 is 4.74 Å². The lowest BCUT2D eigenvalue weighted by Crippen LogP contribution is -2.11. The van der Waals surface area contributed by atoms with Gasteiger partial charge in [-0.25, -0.2) is 0 Å². The number of carbonyl (C=O) groups excluding carboxylic acids is 2. The van der Waals surface area contributed by atoms with Crippen molar-refractivity contribution in [3.8, 4) is 0 Å². The van der Waals surface area contributed by atoms with Crippen LogP contribution in [0, 0.1) is 0 Å². The van der Waals surface area contributed by atoms with Crippen molar-refractivity contribution in [3.63, 3.8) is 0 Å². The third-order valence-electron chi connectivity index (χ3n) is 5.95. The van der Waals surface area contributed by atoms with Gasteiger partial charge in [-0.05, 0) is 12.8 Å². The van der Waals surface area contributed by atoms with Crippen molar-refractivity contribution in [1.29, 1.82) is 0 Å². The molecule has 0 radical (unpaired) electrons. The first kappa shape index (κ1) is 29.1. The summed E-state index contributed by atoms with van der Waals surface area (Å²) in [4.78, 5) is 23.4. The third kappa shape index (κ3) is 23.4. The molecule has 0 aliphatic heterocycles. The maximum Gasteiger partial charge on any atom is 0.313 e. The van der Waals surface area contributed by atoms with E-state index in [-0.39, 0.29) is 11.9 Å². The van der Waals surface area contributed by atoms with Crippen molar-refractivity contribution in [3.05, 3.63) is 0 Å². The van der Waals surface area contributed by atoms with Gasteiger partial charge in [0.1, 0.15) is 0 Å². The van der Waals surface area contributed by atoms with Crippen LogP contribution in [0.2, 0.25) is 0 Å². The van der Waals surface area contributed by atoms with Crippen LogP contribution in [0.3, 0.4) is 0 Å². The fourth-order valence-electron chi connectivity index (χ4n) is 3.92. The summed E-state index contributed by atoms with van der Waals surface area (Å²) in [5.74, 6) is -0.669. The Morgan fingerprint density at radius 1 is 0.400 bits per heavy atom. The summed E-state index contributed by atoms with van der Waals surface area (Å²) in [5.41, 5.74) is 0. The smallest absolute Gasteiger partial charge is 0.313 e. The van der Waals surface area contributed by atoms with E-state index in [2.05, 4.69) is 13.8 Å². The van der Waals surface area contributed by atoms with Crippen molar-refractivity contribution >= 4 is 11.9 Å². The summed E-state index contributed by atoms with van der Waals surface area (Å²) < 4.78 is 4.92. The Balaban J connectivity index is 3.26. The van der Waals surface area contributed by atoms with E-state index in [0.717, 1.165) is 25.7 Å². The predicted molar refractivity (Wildman–Crippen MR) is 129 cm³/mol. The van der Waals surface area contributed by atoms with Crippen molar-refractivity contribution < 1.29 is 14.3 Å². The van der Waals surface area contributed by atoms with Gasteiger partial charge >= 0.3 is 11.9 Å². The normalized spacial score (nSPS) is 11.0. The molecule has 0 aromatic heterocycles. The molecule has 0 saturated heterocycles. The van der Waals surface area contributed by atoms with Crippen LogP contribution in [0.4, 0.5) is 0 Å². The van der Waals surface area contributed by atoms with Gasteiger partial charge in [-0.3, -0.25) is 9.59 Å². The maximum absolute atomic E-state index is 11.7. The average Bonchev–Trinajstić information content (AvgIpc) is 2.73. The van der Waals surface area contributed by atoms with E-state index in [0.29, 0.717) is 12.8 Å². The SMILES string of the molecule is CCCCCCCCCCCCCCCCCC(=O)OC(=O)CCCCCCCC. The van der Waals surface area contributed by atoms with Gasteiger partial charge in [0.15, 0.2) is 0 Å². The third-order valence-corrected chi connectivity index (χ3v) is 5.95. The molecule has 30 heavy (non-hydrogen) atoms. The van der Waals surface area contributed by atoms with Crippen LogP contribution in [0.15, 0.2) is 0 Å². The topological polar surface area (TPSA) is 43.4 Å². The lowest BCUT2D eigenvalue weighted by atomic mass is 10.0. The Kier molecular flexibility index (Phi) is 23.7. The average molecular weight is 425 g/mol. The van der Waals surface area contributed by atoms with Crippen molar-refractivity contribution in [2.75, 3.05) is 0 Å². The number of esters is 2. The zero-order valence-electron chi connectivity index (χ0n) is 20.5. The molecule has 0 aliphatic rings. The Hall–Kier alpha value is -0.860. The molecule has 0 aliphatic carbocycles. The molecule has 3 heteroatoms. The first-order valence-corrected chi connectivity index (χ1v) is 13.4. The Morgan fingerprint density at radius 2 is 0.633 bits per heavy atom. The summed E-state index contributed by atoms with van der Waals surface area (Å²) in [7, 11) is 0. The van der Waals surface area contributed by atoms with Crippen LogP contribution in [-0.2, 0) is 14.3 Å². The van der Waals surface area contributed by atoms with Gasteiger partial charge in [0, 0.05) is 12.8 Å². The molecule has 3 nitrogen and oxygen atoms in total. The van der Waals surface area contributed by atoms with Crippen LogP contribution < -0.4 is 0 Å². The highest BCUT2D eigenvalue weighted by atomic mass is 16.6. The monoisotopic (exact) mass is 424 g/mol. The Labute approximate surface area is 188 Å². The highest BCUT2D eigenvalue weighted by molar-refractivity contribution is 5.85. The molecule has 0 aromatic rings. The number of ether oxygens (including phenoxy) is 1. The van der Waals surface area contributed by atoms with Crippen LogP contribution in [0.5, 0.6) is 0 Å². The van der Waals surface area contributed by atoms with Crippen LogP contribution in [0.1, 0.15) is 162 Å².